The van der Waals surface area contributed by atoms with E-state index in [0.717, 1.165) is 5.84 Å². The molecule has 0 spiro atoms. The highest BCUT2D eigenvalue weighted by molar-refractivity contribution is 6.19. The van der Waals surface area contributed by atoms with Gasteiger partial charge in [0.05, 0.1) is 0 Å². The Hall–Kier alpha value is 0.0500. The Bertz CT molecular complexity index is 80.1. The van der Waals surface area contributed by atoms with Crippen LogP contribution in [0.4, 0.5) is 0 Å². The van der Waals surface area contributed by atoms with E-state index in [1.54, 1.807) is 0 Å². The number of rotatable bonds is 0. The smallest absolute Gasteiger partial charge is 0.115 e. The molecule has 0 unspecified atom stereocenters. The van der Waals surface area contributed by atoms with Gasteiger partial charge in [-0.25, -0.2) is 0 Å². The first-order chi connectivity index (χ1) is 3.18. The lowest BCUT2D eigenvalue weighted by molar-refractivity contribution is 0.620. The van der Waals surface area contributed by atoms with Crippen molar-refractivity contribution >= 4 is 30.0 Å². The van der Waals surface area contributed by atoms with E-state index in [9.17, 15) is 0 Å². The standard InChI is InChI=1S/C4H9ClN2.ClH/c1-4(6-5)7(2)3;/h1-3H3;1H. The maximum atomic E-state index is 5.09. The number of hydrogen-bond acceptors (Lipinski definition) is 1. The van der Waals surface area contributed by atoms with Gasteiger partial charge in [0.2, 0.25) is 0 Å². The summed E-state index contributed by atoms with van der Waals surface area (Å²) in [5, 5.41) is 0. The minimum atomic E-state index is 0. The summed E-state index contributed by atoms with van der Waals surface area (Å²) >= 11 is 5.09. The molecule has 0 aromatic rings. The van der Waals surface area contributed by atoms with Crippen molar-refractivity contribution in [1.82, 2.24) is 4.90 Å². The summed E-state index contributed by atoms with van der Waals surface area (Å²) in [5.41, 5.74) is 0. The molecule has 0 saturated carbocycles. The van der Waals surface area contributed by atoms with Crippen molar-refractivity contribution in [1.29, 1.82) is 0 Å². The summed E-state index contributed by atoms with van der Waals surface area (Å²) in [6.45, 7) is 1.84. The lowest BCUT2D eigenvalue weighted by atomic mass is 10.6. The molecular formula is C4H10Cl2N2. The molecule has 2 nitrogen and oxygen atoms in total. The van der Waals surface area contributed by atoms with Crippen LogP contribution in [0.1, 0.15) is 6.92 Å². The van der Waals surface area contributed by atoms with Gasteiger partial charge in [-0.2, -0.15) is 4.51 Å². The van der Waals surface area contributed by atoms with Crippen molar-refractivity contribution in [2.75, 3.05) is 14.1 Å². The van der Waals surface area contributed by atoms with Crippen LogP contribution in [0.15, 0.2) is 4.51 Å². The molecule has 0 radical (unpaired) electrons. The van der Waals surface area contributed by atoms with Crippen LogP contribution < -0.4 is 0 Å². The van der Waals surface area contributed by atoms with Crippen molar-refractivity contribution < 1.29 is 0 Å². The summed E-state index contributed by atoms with van der Waals surface area (Å²) in [6, 6.07) is 0. The van der Waals surface area contributed by atoms with Gasteiger partial charge in [-0.1, -0.05) is 0 Å². The van der Waals surface area contributed by atoms with Crippen LogP contribution in [0.2, 0.25) is 0 Å². The van der Waals surface area contributed by atoms with Crippen molar-refractivity contribution in [2.45, 2.75) is 6.92 Å². The molecule has 8 heavy (non-hydrogen) atoms. The molecule has 0 fully saturated rings. The Morgan fingerprint density at radius 2 is 1.88 bits per heavy atom. The molecule has 0 saturated heterocycles. The zero-order valence-corrected chi connectivity index (χ0v) is 6.75. The lowest BCUT2D eigenvalue weighted by Crippen LogP contribution is -2.17. The largest absolute Gasteiger partial charge is 0.365 e. The summed E-state index contributed by atoms with van der Waals surface area (Å²) in [5.74, 6) is 0.821. The molecule has 50 valence electrons. The van der Waals surface area contributed by atoms with Crippen molar-refractivity contribution in [3.05, 3.63) is 0 Å². The average Bonchev–Trinajstić information content (AvgIpc) is 1.65. The first kappa shape index (κ1) is 10.9. The second-order valence-electron chi connectivity index (χ2n) is 1.53. The van der Waals surface area contributed by atoms with Crippen LogP contribution in [0.25, 0.3) is 0 Å². The number of halogens is 2. The second-order valence-corrected chi connectivity index (χ2v) is 1.70. The molecule has 0 aromatic carbocycles. The Kier molecular flexibility index (Phi) is 7.09. The van der Waals surface area contributed by atoms with Gasteiger partial charge in [0.15, 0.2) is 0 Å². The van der Waals surface area contributed by atoms with Crippen LogP contribution in [0.3, 0.4) is 0 Å². The van der Waals surface area contributed by atoms with Gasteiger partial charge >= 0.3 is 0 Å². The van der Waals surface area contributed by atoms with Gasteiger partial charge in [-0.15, -0.1) is 12.4 Å². The topological polar surface area (TPSA) is 15.6 Å². The third-order valence-corrected chi connectivity index (χ3v) is 1.01. The molecule has 0 atom stereocenters. The zero-order valence-electron chi connectivity index (χ0n) is 5.18. The van der Waals surface area contributed by atoms with Crippen molar-refractivity contribution in [2.24, 2.45) is 4.51 Å². The van der Waals surface area contributed by atoms with E-state index >= 15 is 0 Å². The fourth-order valence-corrected chi connectivity index (χ4v) is 0.227. The molecule has 0 amide bonds. The van der Waals surface area contributed by atoms with Crippen LogP contribution in [0, 0.1) is 0 Å². The molecule has 0 heterocycles. The van der Waals surface area contributed by atoms with Crippen molar-refractivity contribution in [3.63, 3.8) is 0 Å². The maximum absolute atomic E-state index is 5.09. The minimum Gasteiger partial charge on any atom is -0.365 e. The van der Waals surface area contributed by atoms with E-state index in [0.29, 0.717) is 0 Å². The Balaban J connectivity index is 0. The van der Waals surface area contributed by atoms with Crippen LogP contribution >= 0.6 is 24.2 Å². The molecule has 4 heteroatoms. The van der Waals surface area contributed by atoms with Crippen LogP contribution in [-0.2, 0) is 0 Å². The summed E-state index contributed by atoms with van der Waals surface area (Å²) in [4.78, 5) is 1.84. The third-order valence-electron chi connectivity index (χ3n) is 0.770. The SMILES string of the molecule is CC(=NCl)N(C)C.Cl. The van der Waals surface area contributed by atoms with E-state index in [1.807, 2.05) is 25.9 Å². The highest BCUT2D eigenvalue weighted by Crippen LogP contribution is 1.83. The van der Waals surface area contributed by atoms with E-state index in [2.05, 4.69) is 4.51 Å². The second kappa shape index (κ2) is 5.19. The average molecular weight is 157 g/mol. The molecular weight excluding hydrogens is 147 g/mol. The van der Waals surface area contributed by atoms with E-state index < -0.39 is 0 Å². The molecule has 0 rings (SSSR count). The van der Waals surface area contributed by atoms with Gasteiger partial charge in [-0.3, -0.25) is 0 Å². The van der Waals surface area contributed by atoms with Crippen molar-refractivity contribution in [3.8, 4) is 0 Å². The number of amidine groups is 1. The van der Waals surface area contributed by atoms with Gasteiger partial charge in [0.1, 0.15) is 5.84 Å². The van der Waals surface area contributed by atoms with E-state index in [1.165, 1.54) is 0 Å². The Morgan fingerprint density at radius 1 is 1.50 bits per heavy atom. The lowest BCUT2D eigenvalue weighted by Gasteiger charge is -2.07. The molecule has 0 aliphatic carbocycles. The predicted octanol–water partition coefficient (Wildman–Crippen LogP) is 1.54. The third kappa shape index (κ3) is 4.22. The molecule has 0 aromatic heterocycles. The molecule has 0 bridgehead atoms. The monoisotopic (exact) mass is 156 g/mol. The zero-order chi connectivity index (χ0) is 5.86. The minimum absolute atomic E-state index is 0. The van der Waals surface area contributed by atoms with E-state index in [-0.39, 0.29) is 12.4 Å². The molecule has 0 aliphatic rings. The molecule has 0 aliphatic heterocycles. The van der Waals surface area contributed by atoms with Crippen LogP contribution in [0.5, 0.6) is 0 Å². The fraction of sp³-hybridized carbons (Fsp3) is 0.750. The molecule has 0 N–H and O–H groups in total. The number of nitrogens with zero attached hydrogens (tertiary/aromatic N) is 2. The highest BCUT2D eigenvalue weighted by Gasteiger charge is 1.86. The van der Waals surface area contributed by atoms with Gasteiger partial charge in [0.25, 0.3) is 0 Å². The Labute approximate surface area is 61.1 Å². The Morgan fingerprint density at radius 3 is 1.88 bits per heavy atom. The van der Waals surface area contributed by atoms with E-state index in [4.69, 9.17) is 11.8 Å². The number of hydrogen-bond donors (Lipinski definition) is 0. The maximum Gasteiger partial charge on any atom is 0.115 e. The van der Waals surface area contributed by atoms with Gasteiger partial charge in [-0.05, 0) is 6.92 Å². The first-order valence-corrected chi connectivity index (χ1v) is 2.35. The van der Waals surface area contributed by atoms with Gasteiger partial charge in [0, 0.05) is 25.9 Å². The van der Waals surface area contributed by atoms with Gasteiger partial charge < -0.3 is 4.90 Å². The predicted molar refractivity (Wildman–Crippen MR) is 39.9 cm³/mol. The normalized spacial score (nSPS) is 10.2. The first-order valence-electron chi connectivity index (χ1n) is 2.01. The summed E-state index contributed by atoms with van der Waals surface area (Å²) in [7, 11) is 3.78. The summed E-state index contributed by atoms with van der Waals surface area (Å²) < 4.78 is 3.40. The highest BCUT2D eigenvalue weighted by atomic mass is 35.5. The van der Waals surface area contributed by atoms with Crippen LogP contribution in [-0.4, -0.2) is 24.8 Å². The fourth-order valence-electron chi connectivity index (χ4n) is 0.0756. The quantitative estimate of drug-likeness (QED) is 0.384. The summed E-state index contributed by atoms with van der Waals surface area (Å²) in [6.07, 6.45) is 0.